The number of aliphatic carboxylic acids is 1. The molecular formula is C24H26N2O6. The Labute approximate surface area is 185 Å². The Hall–Kier alpha value is -3.39. The molecule has 4 rings (SSSR count). The fourth-order valence-corrected chi connectivity index (χ4v) is 4.38. The predicted molar refractivity (Wildman–Crippen MR) is 116 cm³/mol. The van der Waals surface area contributed by atoms with Crippen LogP contribution in [0.5, 0.6) is 0 Å². The summed E-state index contributed by atoms with van der Waals surface area (Å²) in [6.07, 6.45) is -0.904. The molecule has 1 aliphatic carbocycles. The van der Waals surface area contributed by atoms with Gasteiger partial charge in [-0.15, -0.1) is 0 Å². The Bertz CT molecular complexity index is 978. The van der Waals surface area contributed by atoms with Gasteiger partial charge in [0.25, 0.3) is 5.91 Å². The largest absolute Gasteiger partial charge is 0.480 e. The van der Waals surface area contributed by atoms with Gasteiger partial charge in [0.05, 0.1) is 6.04 Å². The molecule has 2 aliphatic rings. The van der Waals surface area contributed by atoms with Crippen molar-refractivity contribution in [2.75, 3.05) is 13.2 Å². The van der Waals surface area contributed by atoms with Crippen molar-refractivity contribution >= 4 is 18.0 Å². The summed E-state index contributed by atoms with van der Waals surface area (Å²) < 4.78 is 11.0. The number of hydrogen-bond donors (Lipinski definition) is 3. The quantitative estimate of drug-likeness (QED) is 0.612. The number of carbonyl (C=O) groups is 3. The van der Waals surface area contributed by atoms with E-state index in [1.807, 2.05) is 36.4 Å². The minimum Gasteiger partial charge on any atom is -0.480 e. The van der Waals surface area contributed by atoms with E-state index in [-0.39, 0.29) is 25.6 Å². The summed E-state index contributed by atoms with van der Waals surface area (Å²) in [5.41, 5.74) is 4.51. The fourth-order valence-electron chi connectivity index (χ4n) is 4.38. The highest BCUT2D eigenvalue weighted by atomic mass is 16.6. The van der Waals surface area contributed by atoms with E-state index in [2.05, 4.69) is 22.8 Å². The van der Waals surface area contributed by atoms with Crippen LogP contribution in [0.25, 0.3) is 11.1 Å². The topological polar surface area (TPSA) is 114 Å². The number of alkyl carbamates (subject to hydrolysis) is 1. The maximum Gasteiger partial charge on any atom is 0.407 e. The number of benzene rings is 2. The van der Waals surface area contributed by atoms with E-state index in [9.17, 15) is 14.4 Å². The summed E-state index contributed by atoms with van der Waals surface area (Å²) in [6, 6.07) is 14.5. The summed E-state index contributed by atoms with van der Waals surface area (Å²) in [5.74, 6) is -1.73. The zero-order valence-electron chi connectivity index (χ0n) is 17.7. The molecule has 2 aromatic rings. The van der Waals surface area contributed by atoms with Crippen molar-refractivity contribution in [2.45, 2.75) is 43.9 Å². The molecule has 8 nitrogen and oxygen atoms in total. The summed E-state index contributed by atoms with van der Waals surface area (Å²) in [5, 5.41) is 14.3. The highest BCUT2D eigenvalue weighted by Gasteiger charge is 2.37. The molecule has 0 aromatic heterocycles. The number of carboxylic acids is 1. The molecule has 0 saturated carbocycles. The molecule has 2 amide bonds. The SMILES string of the molecule is CCC(NC(=O)[C@H]1OCC[C@H]1NC(=O)OCC1c2ccccc2-c2ccccc21)C(=O)O. The van der Waals surface area contributed by atoms with Crippen LogP contribution in [-0.4, -0.2) is 54.5 Å². The van der Waals surface area contributed by atoms with Crippen molar-refractivity contribution in [1.29, 1.82) is 0 Å². The number of nitrogens with one attached hydrogen (secondary N) is 2. The number of carboxylic acid groups (broad SMARTS) is 1. The molecule has 1 unspecified atom stereocenters. The molecule has 1 heterocycles. The minimum absolute atomic E-state index is 0.0621. The van der Waals surface area contributed by atoms with Crippen molar-refractivity contribution in [3.8, 4) is 11.1 Å². The lowest BCUT2D eigenvalue weighted by molar-refractivity contribution is -0.143. The molecular weight excluding hydrogens is 412 g/mol. The van der Waals surface area contributed by atoms with Crippen molar-refractivity contribution in [3.63, 3.8) is 0 Å². The van der Waals surface area contributed by atoms with E-state index in [1.54, 1.807) is 6.92 Å². The van der Waals surface area contributed by atoms with Crippen LogP contribution < -0.4 is 10.6 Å². The van der Waals surface area contributed by atoms with E-state index < -0.39 is 36.2 Å². The van der Waals surface area contributed by atoms with Crippen LogP contribution in [0.1, 0.15) is 36.8 Å². The van der Waals surface area contributed by atoms with Gasteiger partial charge in [0.2, 0.25) is 0 Å². The van der Waals surface area contributed by atoms with Crippen LogP contribution in [-0.2, 0) is 19.1 Å². The Kier molecular flexibility index (Phi) is 6.41. The maximum atomic E-state index is 12.5. The van der Waals surface area contributed by atoms with Crippen molar-refractivity contribution in [3.05, 3.63) is 59.7 Å². The van der Waals surface area contributed by atoms with Crippen LogP contribution in [0.15, 0.2) is 48.5 Å². The summed E-state index contributed by atoms with van der Waals surface area (Å²) >= 11 is 0. The van der Waals surface area contributed by atoms with E-state index >= 15 is 0 Å². The number of carbonyl (C=O) groups excluding carboxylic acids is 2. The second kappa shape index (κ2) is 9.40. The first-order valence-corrected chi connectivity index (χ1v) is 10.8. The average Bonchev–Trinajstić information content (AvgIpc) is 3.38. The van der Waals surface area contributed by atoms with Crippen molar-refractivity contribution in [2.24, 2.45) is 0 Å². The van der Waals surface area contributed by atoms with E-state index in [0.717, 1.165) is 22.3 Å². The molecule has 1 saturated heterocycles. The van der Waals surface area contributed by atoms with Crippen LogP contribution in [0.2, 0.25) is 0 Å². The van der Waals surface area contributed by atoms with Gasteiger partial charge in [-0.3, -0.25) is 4.79 Å². The number of ether oxygens (including phenoxy) is 2. The Morgan fingerprint density at radius 2 is 1.72 bits per heavy atom. The number of fused-ring (bicyclic) bond motifs is 3. The number of amides is 2. The molecule has 3 atom stereocenters. The van der Waals surface area contributed by atoms with Crippen molar-refractivity contribution in [1.82, 2.24) is 10.6 Å². The first-order chi connectivity index (χ1) is 15.5. The van der Waals surface area contributed by atoms with Crippen molar-refractivity contribution < 1.29 is 29.0 Å². The van der Waals surface area contributed by atoms with E-state index in [4.69, 9.17) is 14.6 Å². The molecule has 0 bridgehead atoms. The third kappa shape index (κ3) is 4.31. The summed E-state index contributed by atoms with van der Waals surface area (Å²) in [7, 11) is 0. The lowest BCUT2D eigenvalue weighted by Gasteiger charge is -2.22. The first-order valence-electron chi connectivity index (χ1n) is 10.8. The van der Waals surface area contributed by atoms with E-state index in [1.165, 1.54) is 0 Å². The van der Waals surface area contributed by atoms with Gasteiger partial charge in [0, 0.05) is 12.5 Å². The van der Waals surface area contributed by atoms with Crippen LogP contribution >= 0.6 is 0 Å². The predicted octanol–water partition coefficient (Wildman–Crippen LogP) is 2.66. The minimum atomic E-state index is -1.11. The first kappa shape index (κ1) is 21.8. The normalized spacial score (nSPS) is 20.2. The molecule has 8 heteroatoms. The average molecular weight is 438 g/mol. The number of hydrogen-bond acceptors (Lipinski definition) is 5. The maximum absolute atomic E-state index is 12.5. The zero-order chi connectivity index (χ0) is 22.7. The Morgan fingerprint density at radius 3 is 2.31 bits per heavy atom. The van der Waals surface area contributed by atoms with Gasteiger partial charge in [0.15, 0.2) is 6.10 Å². The Morgan fingerprint density at radius 1 is 1.09 bits per heavy atom. The molecule has 0 radical (unpaired) electrons. The van der Waals surface area contributed by atoms with Gasteiger partial charge in [-0.2, -0.15) is 0 Å². The second-order valence-electron chi connectivity index (χ2n) is 7.96. The van der Waals surface area contributed by atoms with Crippen LogP contribution in [0, 0.1) is 0 Å². The van der Waals surface area contributed by atoms with Gasteiger partial charge in [-0.1, -0.05) is 55.5 Å². The second-order valence-corrected chi connectivity index (χ2v) is 7.96. The standard InChI is InChI=1S/C24H26N2O6/c1-2-19(23(28)29)25-22(27)21-20(11-12-31-21)26-24(30)32-13-18-16-9-5-3-7-14(16)15-8-4-6-10-17(15)18/h3-10,18-21H,2,11-13H2,1H3,(H,25,27)(H,26,30)(H,28,29)/t19?,20-,21+/m1/s1. The number of rotatable bonds is 7. The molecule has 3 N–H and O–H groups in total. The summed E-state index contributed by atoms with van der Waals surface area (Å²) in [6.45, 7) is 2.12. The molecule has 168 valence electrons. The highest BCUT2D eigenvalue weighted by Crippen LogP contribution is 2.44. The van der Waals surface area contributed by atoms with Crippen LogP contribution in [0.3, 0.4) is 0 Å². The monoisotopic (exact) mass is 438 g/mol. The molecule has 0 spiro atoms. The van der Waals surface area contributed by atoms with Gasteiger partial charge < -0.3 is 25.2 Å². The zero-order valence-corrected chi connectivity index (χ0v) is 17.7. The van der Waals surface area contributed by atoms with Crippen LogP contribution in [0.4, 0.5) is 4.79 Å². The van der Waals surface area contributed by atoms with E-state index in [0.29, 0.717) is 6.42 Å². The molecule has 1 fully saturated rings. The highest BCUT2D eigenvalue weighted by molar-refractivity contribution is 5.87. The lowest BCUT2D eigenvalue weighted by atomic mass is 9.98. The summed E-state index contributed by atoms with van der Waals surface area (Å²) in [4.78, 5) is 36.2. The fraction of sp³-hybridized carbons (Fsp3) is 0.375. The lowest BCUT2D eigenvalue weighted by Crippen LogP contribution is -2.52. The Balaban J connectivity index is 1.37. The molecule has 1 aliphatic heterocycles. The van der Waals surface area contributed by atoms with Gasteiger partial charge in [-0.05, 0) is 35.1 Å². The van der Waals surface area contributed by atoms with Gasteiger partial charge >= 0.3 is 12.1 Å². The third-order valence-electron chi connectivity index (χ3n) is 6.02. The molecule has 2 aromatic carbocycles. The smallest absolute Gasteiger partial charge is 0.407 e. The van der Waals surface area contributed by atoms with Gasteiger partial charge in [0.1, 0.15) is 12.6 Å². The van der Waals surface area contributed by atoms with Gasteiger partial charge in [-0.25, -0.2) is 9.59 Å². The third-order valence-corrected chi connectivity index (χ3v) is 6.02. The molecule has 32 heavy (non-hydrogen) atoms.